The molecule has 112 valence electrons. The fourth-order valence-electron chi connectivity index (χ4n) is 2.89. The summed E-state index contributed by atoms with van der Waals surface area (Å²) in [5.74, 6) is 2.09. The van der Waals surface area contributed by atoms with Gasteiger partial charge in [0, 0.05) is 41.2 Å². The van der Waals surface area contributed by atoms with Crippen molar-refractivity contribution < 1.29 is 4.79 Å². The standard InChI is InChI=1S/C16H21N3OS/c1-11-10-21-7-6-19(11)16(20)14(17)8-12-9-18-15-5-3-2-4-13(12)15/h2-5,9,11,14,18H,6-8,10,17H2,1H3. The summed E-state index contributed by atoms with van der Waals surface area (Å²) in [5.41, 5.74) is 8.39. The van der Waals surface area contributed by atoms with E-state index in [9.17, 15) is 4.79 Å². The summed E-state index contributed by atoms with van der Waals surface area (Å²) < 4.78 is 0. The van der Waals surface area contributed by atoms with Crippen LogP contribution in [0.2, 0.25) is 0 Å². The summed E-state index contributed by atoms with van der Waals surface area (Å²) >= 11 is 1.90. The van der Waals surface area contributed by atoms with Crippen molar-refractivity contribution in [3.05, 3.63) is 36.0 Å². The molecule has 5 heteroatoms. The molecule has 2 atom stereocenters. The van der Waals surface area contributed by atoms with E-state index in [-0.39, 0.29) is 11.9 Å². The number of hydrogen-bond acceptors (Lipinski definition) is 3. The van der Waals surface area contributed by atoms with E-state index in [1.807, 2.05) is 41.1 Å². The van der Waals surface area contributed by atoms with Crippen LogP contribution in [0.1, 0.15) is 12.5 Å². The first kappa shape index (κ1) is 14.5. The van der Waals surface area contributed by atoms with Crippen molar-refractivity contribution in [2.45, 2.75) is 25.4 Å². The smallest absolute Gasteiger partial charge is 0.240 e. The highest BCUT2D eigenvalue weighted by molar-refractivity contribution is 7.99. The van der Waals surface area contributed by atoms with E-state index in [1.165, 1.54) is 0 Å². The van der Waals surface area contributed by atoms with Gasteiger partial charge < -0.3 is 15.6 Å². The number of fused-ring (bicyclic) bond motifs is 1. The number of amides is 1. The monoisotopic (exact) mass is 303 g/mol. The van der Waals surface area contributed by atoms with Crippen LogP contribution in [0.3, 0.4) is 0 Å². The molecule has 0 bridgehead atoms. The number of nitrogens with one attached hydrogen (secondary N) is 1. The maximum atomic E-state index is 12.6. The van der Waals surface area contributed by atoms with Crippen molar-refractivity contribution in [1.82, 2.24) is 9.88 Å². The zero-order chi connectivity index (χ0) is 14.8. The third-order valence-electron chi connectivity index (χ3n) is 4.08. The molecule has 2 aromatic rings. The van der Waals surface area contributed by atoms with Crippen molar-refractivity contribution >= 4 is 28.6 Å². The van der Waals surface area contributed by atoms with Crippen molar-refractivity contribution in [3.63, 3.8) is 0 Å². The van der Waals surface area contributed by atoms with Crippen molar-refractivity contribution in [2.24, 2.45) is 5.73 Å². The number of aromatic nitrogens is 1. The number of hydrogen-bond donors (Lipinski definition) is 2. The summed E-state index contributed by atoms with van der Waals surface area (Å²) in [6.07, 6.45) is 2.55. The first-order valence-electron chi connectivity index (χ1n) is 7.35. The number of nitrogens with zero attached hydrogens (tertiary/aromatic N) is 1. The topological polar surface area (TPSA) is 62.1 Å². The Balaban J connectivity index is 1.73. The van der Waals surface area contributed by atoms with Crippen LogP contribution in [-0.2, 0) is 11.2 Å². The lowest BCUT2D eigenvalue weighted by atomic mass is 10.0. The van der Waals surface area contributed by atoms with Crippen LogP contribution in [0, 0.1) is 0 Å². The van der Waals surface area contributed by atoms with Gasteiger partial charge in [0.15, 0.2) is 0 Å². The van der Waals surface area contributed by atoms with Crippen molar-refractivity contribution in [2.75, 3.05) is 18.1 Å². The highest BCUT2D eigenvalue weighted by atomic mass is 32.2. The molecular formula is C16H21N3OS. The Morgan fingerprint density at radius 3 is 3.14 bits per heavy atom. The van der Waals surface area contributed by atoms with Gasteiger partial charge in [0.05, 0.1) is 6.04 Å². The zero-order valence-corrected chi connectivity index (χ0v) is 13.0. The van der Waals surface area contributed by atoms with Gasteiger partial charge in [0.1, 0.15) is 0 Å². The molecule has 1 aliphatic heterocycles. The lowest BCUT2D eigenvalue weighted by Crippen LogP contribution is -2.51. The van der Waals surface area contributed by atoms with E-state index < -0.39 is 6.04 Å². The molecule has 4 nitrogen and oxygen atoms in total. The van der Waals surface area contributed by atoms with E-state index in [0.29, 0.717) is 6.42 Å². The van der Waals surface area contributed by atoms with E-state index in [0.717, 1.165) is 34.5 Å². The predicted molar refractivity (Wildman–Crippen MR) is 88.5 cm³/mol. The minimum Gasteiger partial charge on any atom is -0.361 e. The van der Waals surface area contributed by atoms with Gasteiger partial charge >= 0.3 is 0 Å². The molecule has 3 N–H and O–H groups in total. The quantitative estimate of drug-likeness (QED) is 0.911. The Bertz CT molecular complexity index is 639. The normalized spacial score (nSPS) is 20.7. The second-order valence-electron chi connectivity index (χ2n) is 5.63. The summed E-state index contributed by atoms with van der Waals surface area (Å²) in [6, 6.07) is 7.94. The third kappa shape index (κ3) is 2.94. The number of thioether (sulfide) groups is 1. The molecule has 2 heterocycles. The van der Waals surface area contributed by atoms with E-state index in [4.69, 9.17) is 5.73 Å². The molecule has 1 amide bonds. The van der Waals surface area contributed by atoms with Gasteiger partial charge in [-0.3, -0.25) is 4.79 Å². The molecule has 0 radical (unpaired) electrons. The number of para-hydroxylation sites is 1. The van der Waals surface area contributed by atoms with Crippen LogP contribution in [0.5, 0.6) is 0 Å². The fourth-order valence-corrected chi connectivity index (χ4v) is 3.91. The van der Waals surface area contributed by atoms with Crippen molar-refractivity contribution in [3.8, 4) is 0 Å². The van der Waals surface area contributed by atoms with Crippen LogP contribution >= 0.6 is 11.8 Å². The highest BCUT2D eigenvalue weighted by Gasteiger charge is 2.28. The maximum absolute atomic E-state index is 12.6. The molecule has 1 aromatic carbocycles. The van der Waals surface area contributed by atoms with E-state index >= 15 is 0 Å². The number of carbonyl (C=O) groups excluding carboxylic acids is 1. The Morgan fingerprint density at radius 1 is 1.52 bits per heavy atom. The molecule has 0 saturated carbocycles. The van der Waals surface area contributed by atoms with Gasteiger partial charge in [0.2, 0.25) is 5.91 Å². The maximum Gasteiger partial charge on any atom is 0.240 e. The van der Waals surface area contributed by atoms with E-state index in [1.54, 1.807) is 0 Å². The number of benzene rings is 1. The lowest BCUT2D eigenvalue weighted by Gasteiger charge is -2.34. The first-order chi connectivity index (χ1) is 10.2. The Kier molecular flexibility index (Phi) is 4.22. The van der Waals surface area contributed by atoms with Gasteiger partial charge in [0.25, 0.3) is 0 Å². The summed E-state index contributed by atoms with van der Waals surface area (Å²) in [5, 5.41) is 1.16. The number of aromatic amines is 1. The van der Waals surface area contributed by atoms with Crippen LogP contribution < -0.4 is 5.73 Å². The summed E-state index contributed by atoms with van der Waals surface area (Å²) in [6.45, 7) is 2.91. The summed E-state index contributed by atoms with van der Waals surface area (Å²) in [7, 11) is 0. The van der Waals surface area contributed by atoms with Gasteiger partial charge in [-0.1, -0.05) is 18.2 Å². The van der Waals surface area contributed by atoms with Gasteiger partial charge in [-0.05, 0) is 25.0 Å². The molecule has 0 spiro atoms. The third-order valence-corrected chi connectivity index (χ3v) is 5.27. The molecule has 21 heavy (non-hydrogen) atoms. The molecule has 0 aliphatic carbocycles. The number of rotatable bonds is 3. The van der Waals surface area contributed by atoms with Crippen LogP contribution in [-0.4, -0.2) is 45.9 Å². The Labute approximate surface area is 129 Å². The lowest BCUT2D eigenvalue weighted by molar-refractivity contribution is -0.134. The minimum absolute atomic E-state index is 0.0769. The van der Waals surface area contributed by atoms with Gasteiger partial charge in [-0.25, -0.2) is 0 Å². The van der Waals surface area contributed by atoms with Crippen LogP contribution in [0.4, 0.5) is 0 Å². The largest absolute Gasteiger partial charge is 0.361 e. The zero-order valence-electron chi connectivity index (χ0n) is 12.2. The Morgan fingerprint density at radius 2 is 2.33 bits per heavy atom. The average Bonchev–Trinajstić information content (AvgIpc) is 2.90. The van der Waals surface area contributed by atoms with Crippen molar-refractivity contribution in [1.29, 1.82) is 0 Å². The Hall–Kier alpha value is -1.46. The SMILES string of the molecule is CC1CSCCN1C(=O)C(N)Cc1c[nH]c2ccccc12. The van der Waals surface area contributed by atoms with Crippen LogP contribution in [0.15, 0.2) is 30.5 Å². The first-order valence-corrected chi connectivity index (χ1v) is 8.51. The predicted octanol–water partition coefficient (Wildman–Crippen LogP) is 2.00. The van der Waals surface area contributed by atoms with E-state index in [2.05, 4.69) is 18.0 Å². The molecule has 1 aliphatic rings. The molecule has 1 fully saturated rings. The second kappa shape index (κ2) is 6.12. The average molecular weight is 303 g/mol. The van der Waals surface area contributed by atoms with Crippen LogP contribution in [0.25, 0.3) is 10.9 Å². The minimum atomic E-state index is -0.463. The van der Waals surface area contributed by atoms with Gasteiger partial charge in [-0.15, -0.1) is 0 Å². The van der Waals surface area contributed by atoms with Gasteiger partial charge in [-0.2, -0.15) is 11.8 Å². The molecule has 1 aromatic heterocycles. The molecule has 3 rings (SSSR count). The number of H-pyrrole nitrogens is 1. The molecular weight excluding hydrogens is 282 g/mol. The highest BCUT2D eigenvalue weighted by Crippen LogP contribution is 2.21. The summed E-state index contributed by atoms with van der Waals surface area (Å²) in [4.78, 5) is 17.7. The second-order valence-corrected chi connectivity index (χ2v) is 6.78. The molecule has 2 unspecified atom stereocenters. The molecule has 1 saturated heterocycles. The number of carbonyl (C=O) groups is 1. The number of nitrogens with two attached hydrogens (primary N) is 1. The fraction of sp³-hybridized carbons (Fsp3) is 0.438.